The van der Waals surface area contributed by atoms with E-state index in [0.29, 0.717) is 32.7 Å². The quantitative estimate of drug-likeness (QED) is 0.733. The highest BCUT2D eigenvalue weighted by Crippen LogP contribution is 2.28. The molecule has 2 aliphatic heterocycles. The average Bonchev–Trinajstić information content (AvgIpc) is 3.30. The van der Waals surface area contributed by atoms with Gasteiger partial charge in [0, 0.05) is 45.1 Å². The van der Waals surface area contributed by atoms with Crippen molar-refractivity contribution in [3.63, 3.8) is 0 Å². The third-order valence-electron chi connectivity index (χ3n) is 5.96. The molecule has 2 aliphatic rings. The third kappa shape index (κ3) is 4.11. The number of hydrogen-bond acceptors (Lipinski definition) is 6. The van der Waals surface area contributed by atoms with Crippen LogP contribution in [0.2, 0.25) is 0 Å². The summed E-state index contributed by atoms with van der Waals surface area (Å²) in [6, 6.07) is 13.0. The van der Waals surface area contributed by atoms with Crippen LogP contribution >= 0.6 is 0 Å². The SMILES string of the molecule is CC(C(=O)N1CCN(S(=O)(=O)C2CNNC2c2ccncc2)CC1)c1ccccc1. The number of amides is 1. The van der Waals surface area contributed by atoms with Crippen LogP contribution in [0.1, 0.15) is 30.0 Å². The summed E-state index contributed by atoms with van der Waals surface area (Å²) in [6.07, 6.45) is 3.33. The van der Waals surface area contributed by atoms with E-state index in [4.69, 9.17) is 0 Å². The van der Waals surface area contributed by atoms with E-state index in [-0.39, 0.29) is 17.9 Å². The van der Waals surface area contributed by atoms with Crippen LogP contribution in [0.25, 0.3) is 0 Å². The molecule has 2 fully saturated rings. The van der Waals surface area contributed by atoms with E-state index in [2.05, 4.69) is 15.8 Å². The van der Waals surface area contributed by atoms with Crippen molar-refractivity contribution in [2.75, 3.05) is 32.7 Å². The molecule has 30 heavy (non-hydrogen) atoms. The summed E-state index contributed by atoms with van der Waals surface area (Å²) in [6.45, 7) is 3.67. The Labute approximate surface area is 177 Å². The zero-order valence-electron chi connectivity index (χ0n) is 16.9. The Balaban J connectivity index is 1.41. The number of pyridine rings is 1. The first kappa shape index (κ1) is 20.9. The molecule has 2 aromatic rings. The van der Waals surface area contributed by atoms with E-state index in [0.717, 1.165) is 11.1 Å². The summed E-state index contributed by atoms with van der Waals surface area (Å²) in [4.78, 5) is 18.7. The van der Waals surface area contributed by atoms with Crippen LogP contribution in [0.5, 0.6) is 0 Å². The Bertz CT molecular complexity index is 963. The fraction of sp³-hybridized carbons (Fsp3) is 0.429. The van der Waals surface area contributed by atoms with Crippen molar-refractivity contribution in [3.05, 3.63) is 66.0 Å². The molecule has 0 bridgehead atoms. The van der Waals surface area contributed by atoms with Gasteiger partial charge in [-0.1, -0.05) is 30.3 Å². The van der Waals surface area contributed by atoms with Crippen LogP contribution in [-0.2, 0) is 14.8 Å². The standard InChI is InChI=1S/C21H27N5O3S/c1-16(17-5-3-2-4-6-17)21(27)25-11-13-26(14-12-25)30(28,29)19-15-23-24-20(19)18-7-9-22-10-8-18/h2-10,16,19-20,23-24H,11-15H2,1H3. The van der Waals surface area contributed by atoms with Crippen molar-refractivity contribution in [1.82, 2.24) is 25.0 Å². The predicted molar refractivity (Wildman–Crippen MR) is 114 cm³/mol. The molecule has 1 amide bonds. The van der Waals surface area contributed by atoms with Crippen LogP contribution in [0.15, 0.2) is 54.9 Å². The first-order valence-corrected chi connectivity index (χ1v) is 11.7. The molecule has 0 radical (unpaired) electrons. The van der Waals surface area contributed by atoms with Crippen molar-refractivity contribution in [2.24, 2.45) is 0 Å². The Morgan fingerprint density at radius 2 is 1.73 bits per heavy atom. The van der Waals surface area contributed by atoms with E-state index in [1.165, 1.54) is 4.31 Å². The highest BCUT2D eigenvalue weighted by molar-refractivity contribution is 7.89. The molecule has 3 atom stereocenters. The van der Waals surface area contributed by atoms with Crippen LogP contribution in [-0.4, -0.2) is 66.5 Å². The number of hydrogen-bond donors (Lipinski definition) is 2. The molecule has 0 saturated carbocycles. The second-order valence-corrected chi connectivity index (χ2v) is 9.88. The van der Waals surface area contributed by atoms with E-state index in [1.54, 1.807) is 17.3 Å². The minimum absolute atomic E-state index is 0.0390. The van der Waals surface area contributed by atoms with Crippen LogP contribution in [0.3, 0.4) is 0 Å². The number of nitrogens with one attached hydrogen (secondary N) is 2. The van der Waals surface area contributed by atoms with Crippen molar-refractivity contribution in [1.29, 1.82) is 0 Å². The predicted octanol–water partition coefficient (Wildman–Crippen LogP) is 0.877. The van der Waals surface area contributed by atoms with Crippen LogP contribution in [0.4, 0.5) is 0 Å². The maximum Gasteiger partial charge on any atom is 0.229 e. The van der Waals surface area contributed by atoms with Gasteiger partial charge in [0.15, 0.2) is 0 Å². The van der Waals surface area contributed by atoms with Crippen molar-refractivity contribution in [2.45, 2.75) is 24.1 Å². The number of aromatic nitrogens is 1. The molecule has 8 nitrogen and oxygen atoms in total. The largest absolute Gasteiger partial charge is 0.340 e. The second-order valence-electron chi connectivity index (χ2n) is 7.72. The highest BCUT2D eigenvalue weighted by atomic mass is 32.2. The molecule has 160 valence electrons. The lowest BCUT2D eigenvalue weighted by atomic mass is 9.99. The van der Waals surface area contributed by atoms with Gasteiger partial charge in [-0.15, -0.1) is 0 Å². The van der Waals surface area contributed by atoms with Gasteiger partial charge in [-0.3, -0.25) is 15.2 Å². The van der Waals surface area contributed by atoms with Gasteiger partial charge >= 0.3 is 0 Å². The molecule has 0 spiro atoms. The van der Waals surface area contributed by atoms with Gasteiger partial charge in [-0.05, 0) is 30.2 Å². The number of hydrazine groups is 1. The van der Waals surface area contributed by atoms with Crippen LogP contribution < -0.4 is 10.9 Å². The molecule has 2 saturated heterocycles. The van der Waals surface area contributed by atoms with Gasteiger partial charge in [0.05, 0.1) is 12.0 Å². The van der Waals surface area contributed by atoms with Gasteiger partial charge in [-0.25, -0.2) is 13.8 Å². The summed E-state index contributed by atoms with van der Waals surface area (Å²) in [5, 5.41) is -0.606. The van der Waals surface area contributed by atoms with Gasteiger partial charge in [0.25, 0.3) is 0 Å². The Hall–Kier alpha value is -2.33. The lowest BCUT2D eigenvalue weighted by Gasteiger charge is -2.37. The highest BCUT2D eigenvalue weighted by Gasteiger charge is 2.43. The zero-order chi connectivity index (χ0) is 21.1. The fourth-order valence-corrected chi connectivity index (χ4v) is 6.06. The Morgan fingerprint density at radius 1 is 1.07 bits per heavy atom. The lowest BCUT2D eigenvalue weighted by Crippen LogP contribution is -2.54. The van der Waals surface area contributed by atoms with Gasteiger partial charge < -0.3 is 4.90 Å². The first-order chi connectivity index (χ1) is 14.5. The van der Waals surface area contributed by atoms with E-state index in [1.807, 2.05) is 49.4 Å². The number of piperazine rings is 1. The topological polar surface area (TPSA) is 94.6 Å². The molecule has 2 N–H and O–H groups in total. The van der Waals surface area contributed by atoms with Gasteiger partial charge in [-0.2, -0.15) is 4.31 Å². The number of sulfonamides is 1. The first-order valence-electron chi connectivity index (χ1n) is 10.2. The molecule has 3 heterocycles. The minimum Gasteiger partial charge on any atom is -0.340 e. The molecule has 1 aromatic carbocycles. The smallest absolute Gasteiger partial charge is 0.229 e. The van der Waals surface area contributed by atoms with E-state index in [9.17, 15) is 13.2 Å². The maximum atomic E-state index is 13.3. The summed E-state index contributed by atoms with van der Waals surface area (Å²) in [7, 11) is -3.53. The second kappa shape index (κ2) is 8.81. The molecule has 4 rings (SSSR count). The van der Waals surface area contributed by atoms with Crippen molar-refractivity contribution < 1.29 is 13.2 Å². The lowest BCUT2D eigenvalue weighted by molar-refractivity contribution is -0.133. The minimum atomic E-state index is -3.53. The Morgan fingerprint density at radius 3 is 2.40 bits per heavy atom. The fourth-order valence-electron chi connectivity index (χ4n) is 4.14. The maximum absolute atomic E-state index is 13.3. The number of rotatable bonds is 5. The molecule has 0 aliphatic carbocycles. The van der Waals surface area contributed by atoms with E-state index < -0.39 is 15.3 Å². The summed E-state index contributed by atoms with van der Waals surface area (Å²) >= 11 is 0. The number of benzene rings is 1. The third-order valence-corrected chi connectivity index (χ3v) is 8.25. The van der Waals surface area contributed by atoms with Crippen molar-refractivity contribution in [3.8, 4) is 0 Å². The summed E-state index contributed by atoms with van der Waals surface area (Å²) < 4.78 is 28.2. The number of nitrogens with zero attached hydrogens (tertiary/aromatic N) is 3. The molecular weight excluding hydrogens is 402 g/mol. The molecular formula is C21H27N5O3S. The van der Waals surface area contributed by atoms with Crippen LogP contribution in [0, 0.1) is 0 Å². The van der Waals surface area contributed by atoms with Crippen molar-refractivity contribution >= 4 is 15.9 Å². The molecule has 9 heteroatoms. The van der Waals surface area contributed by atoms with Gasteiger partial charge in [0.1, 0.15) is 5.25 Å². The monoisotopic (exact) mass is 429 g/mol. The zero-order valence-corrected chi connectivity index (χ0v) is 17.8. The normalized spacial score (nSPS) is 24.0. The average molecular weight is 430 g/mol. The van der Waals surface area contributed by atoms with Gasteiger partial charge in [0.2, 0.25) is 15.9 Å². The Kier molecular flexibility index (Phi) is 6.14. The number of carbonyl (C=O) groups excluding carboxylic acids is 1. The number of carbonyl (C=O) groups is 1. The molecule has 3 unspecified atom stereocenters. The summed E-state index contributed by atoms with van der Waals surface area (Å²) in [5.41, 5.74) is 7.92. The summed E-state index contributed by atoms with van der Waals surface area (Å²) in [5.74, 6) is -0.203. The van der Waals surface area contributed by atoms with E-state index >= 15 is 0 Å². The molecule has 1 aromatic heterocycles.